The van der Waals surface area contributed by atoms with Crippen molar-refractivity contribution in [2.75, 3.05) is 38.8 Å². The molecule has 2 N–H and O–H groups in total. The number of hydrogen-bond donors (Lipinski definition) is 2. The number of rotatable bonds is 1. The SMILES string of the molecule is CN(C)C(ON1NNc2cccnc21)=[N+](C)C. The Balaban J connectivity index is 2.20. The van der Waals surface area contributed by atoms with E-state index in [1.807, 2.05) is 49.8 Å². The highest BCUT2D eigenvalue weighted by Crippen LogP contribution is 2.25. The molecule has 92 valence electrons. The highest BCUT2D eigenvalue weighted by atomic mass is 16.7. The van der Waals surface area contributed by atoms with Gasteiger partial charge < -0.3 is 0 Å². The molecule has 1 aromatic heterocycles. The van der Waals surface area contributed by atoms with Gasteiger partial charge in [-0.3, -0.25) is 10.3 Å². The number of hydrazine groups is 2. The van der Waals surface area contributed by atoms with Gasteiger partial charge in [-0.05, 0) is 12.1 Å². The molecule has 0 amide bonds. The molecule has 0 radical (unpaired) electrons. The maximum Gasteiger partial charge on any atom is 0.471 e. The first kappa shape index (κ1) is 11.5. The minimum absolute atomic E-state index is 0.692. The molecule has 0 saturated carbocycles. The molecule has 2 heterocycles. The third-order valence-corrected chi connectivity index (χ3v) is 2.21. The number of fused-ring (bicyclic) bond motifs is 1. The fraction of sp³-hybridized carbons (Fsp3) is 0.400. The fourth-order valence-electron chi connectivity index (χ4n) is 1.53. The van der Waals surface area contributed by atoms with Crippen LogP contribution in [0.1, 0.15) is 0 Å². The number of anilines is 2. The maximum absolute atomic E-state index is 5.73. The summed E-state index contributed by atoms with van der Waals surface area (Å²) in [5, 5.41) is 1.49. The summed E-state index contributed by atoms with van der Waals surface area (Å²) in [6, 6.07) is 4.47. The van der Waals surface area contributed by atoms with Crippen LogP contribution in [0, 0.1) is 0 Å². The average Bonchev–Trinajstić information content (AvgIpc) is 2.68. The molecule has 1 aliphatic rings. The van der Waals surface area contributed by atoms with Gasteiger partial charge in [0.2, 0.25) is 5.82 Å². The lowest BCUT2D eigenvalue weighted by molar-refractivity contribution is -0.481. The molecular weight excluding hydrogens is 220 g/mol. The molecule has 0 aromatic carbocycles. The van der Waals surface area contributed by atoms with Crippen LogP contribution in [0.25, 0.3) is 0 Å². The Bertz CT molecular complexity index is 440. The van der Waals surface area contributed by atoms with Gasteiger partial charge in [0.05, 0.1) is 33.9 Å². The van der Waals surface area contributed by atoms with E-state index in [1.165, 1.54) is 5.17 Å². The first-order valence-electron chi connectivity index (χ1n) is 5.26. The van der Waals surface area contributed by atoms with Gasteiger partial charge >= 0.3 is 6.02 Å². The minimum Gasteiger partial charge on any atom is -0.297 e. The normalized spacial score (nSPS) is 12.8. The predicted octanol–water partition coefficient (Wildman–Crippen LogP) is -0.146. The van der Waals surface area contributed by atoms with Crippen LogP contribution in [0.15, 0.2) is 18.3 Å². The van der Waals surface area contributed by atoms with Gasteiger partial charge in [-0.15, -0.1) is 5.53 Å². The quantitative estimate of drug-likeness (QED) is 0.403. The van der Waals surface area contributed by atoms with E-state index in [1.54, 1.807) is 6.20 Å². The second-order valence-electron chi connectivity index (χ2n) is 4.07. The lowest BCUT2D eigenvalue weighted by Gasteiger charge is -2.18. The van der Waals surface area contributed by atoms with Crippen molar-refractivity contribution >= 4 is 17.5 Å². The van der Waals surface area contributed by atoms with Crippen molar-refractivity contribution < 1.29 is 9.41 Å². The lowest BCUT2D eigenvalue weighted by Crippen LogP contribution is -2.44. The van der Waals surface area contributed by atoms with Crippen molar-refractivity contribution in [1.29, 1.82) is 0 Å². The third-order valence-electron chi connectivity index (χ3n) is 2.21. The molecule has 0 spiro atoms. The van der Waals surface area contributed by atoms with Crippen LogP contribution < -0.4 is 16.1 Å². The Morgan fingerprint density at radius 1 is 1.47 bits per heavy atom. The van der Waals surface area contributed by atoms with E-state index < -0.39 is 0 Å². The van der Waals surface area contributed by atoms with Crippen LogP contribution in [-0.2, 0) is 4.84 Å². The number of aromatic nitrogens is 1. The molecular formula is C10H17N6O+. The van der Waals surface area contributed by atoms with Crippen LogP contribution in [0.2, 0.25) is 0 Å². The van der Waals surface area contributed by atoms with Crippen LogP contribution >= 0.6 is 0 Å². The summed E-state index contributed by atoms with van der Waals surface area (Å²) in [6.45, 7) is 0. The topological polar surface area (TPSA) is 55.7 Å². The number of nitrogens with zero attached hydrogens (tertiary/aromatic N) is 4. The van der Waals surface area contributed by atoms with Gasteiger partial charge in [-0.1, -0.05) is 5.17 Å². The summed E-state index contributed by atoms with van der Waals surface area (Å²) in [5.41, 5.74) is 6.74. The van der Waals surface area contributed by atoms with E-state index in [0.717, 1.165) is 5.69 Å². The zero-order valence-electron chi connectivity index (χ0n) is 10.4. The minimum atomic E-state index is 0.692. The van der Waals surface area contributed by atoms with Crippen molar-refractivity contribution in [3.05, 3.63) is 18.3 Å². The standard InChI is InChI=1S/C10H17N6O/c1-14(2)10(15(3)4)17-16-9-8(12-13-16)6-5-7-11-9/h5-7,12-13H,1-4H3/q+1. The summed E-state index contributed by atoms with van der Waals surface area (Å²) in [6.07, 6.45) is 1.72. The second kappa shape index (κ2) is 4.46. The number of nitrogens with one attached hydrogen (secondary N) is 2. The third kappa shape index (κ3) is 2.23. The van der Waals surface area contributed by atoms with Crippen molar-refractivity contribution in [2.24, 2.45) is 0 Å². The van der Waals surface area contributed by atoms with Gasteiger partial charge in [0.25, 0.3) is 0 Å². The molecule has 0 aliphatic carbocycles. The molecule has 0 saturated heterocycles. The zero-order valence-corrected chi connectivity index (χ0v) is 10.4. The summed E-state index contributed by atoms with van der Waals surface area (Å²) >= 11 is 0. The van der Waals surface area contributed by atoms with Gasteiger partial charge in [0, 0.05) is 6.20 Å². The smallest absolute Gasteiger partial charge is 0.297 e. The Labute approximate surface area is 100 Å². The summed E-state index contributed by atoms with van der Waals surface area (Å²) < 4.78 is 1.88. The predicted molar refractivity (Wildman–Crippen MR) is 65.4 cm³/mol. The maximum atomic E-state index is 5.73. The van der Waals surface area contributed by atoms with Crippen molar-refractivity contribution in [1.82, 2.24) is 15.4 Å². The molecule has 0 fully saturated rings. The van der Waals surface area contributed by atoms with E-state index in [0.29, 0.717) is 11.8 Å². The molecule has 2 rings (SSSR count). The van der Waals surface area contributed by atoms with Crippen LogP contribution in [0.5, 0.6) is 0 Å². The number of hydrogen-bond acceptors (Lipinski definition) is 5. The van der Waals surface area contributed by atoms with E-state index in [9.17, 15) is 0 Å². The van der Waals surface area contributed by atoms with Crippen LogP contribution in [-0.4, -0.2) is 48.7 Å². The molecule has 7 nitrogen and oxygen atoms in total. The highest BCUT2D eigenvalue weighted by molar-refractivity contribution is 5.72. The van der Waals surface area contributed by atoms with E-state index >= 15 is 0 Å². The Morgan fingerprint density at radius 2 is 2.24 bits per heavy atom. The average molecular weight is 237 g/mol. The molecule has 0 atom stereocenters. The largest absolute Gasteiger partial charge is 0.471 e. The molecule has 0 unspecified atom stereocenters. The molecule has 1 aliphatic heterocycles. The Morgan fingerprint density at radius 3 is 2.88 bits per heavy atom. The van der Waals surface area contributed by atoms with Gasteiger partial charge in [0.1, 0.15) is 0 Å². The molecule has 1 aromatic rings. The van der Waals surface area contributed by atoms with Crippen LogP contribution in [0.4, 0.5) is 11.5 Å². The van der Waals surface area contributed by atoms with E-state index in [4.69, 9.17) is 4.84 Å². The number of pyridine rings is 1. The van der Waals surface area contributed by atoms with Gasteiger partial charge in [-0.25, -0.2) is 14.5 Å². The van der Waals surface area contributed by atoms with E-state index in [-0.39, 0.29) is 0 Å². The molecule has 7 heteroatoms. The summed E-state index contributed by atoms with van der Waals surface area (Å²) in [7, 11) is 7.66. The van der Waals surface area contributed by atoms with Crippen molar-refractivity contribution in [3.8, 4) is 0 Å². The van der Waals surface area contributed by atoms with Crippen molar-refractivity contribution in [3.63, 3.8) is 0 Å². The first-order chi connectivity index (χ1) is 8.09. The summed E-state index contributed by atoms with van der Waals surface area (Å²) in [4.78, 5) is 11.8. The fourth-order valence-corrected chi connectivity index (χ4v) is 1.53. The highest BCUT2D eigenvalue weighted by Gasteiger charge is 2.26. The lowest BCUT2D eigenvalue weighted by atomic mass is 10.4. The van der Waals surface area contributed by atoms with Gasteiger partial charge in [-0.2, -0.15) is 0 Å². The van der Waals surface area contributed by atoms with Crippen LogP contribution in [0.3, 0.4) is 0 Å². The Hall–Kier alpha value is -2.02. The van der Waals surface area contributed by atoms with E-state index in [2.05, 4.69) is 15.9 Å². The molecule has 0 bridgehead atoms. The van der Waals surface area contributed by atoms with Gasteiger partial charge in [0.15, 0.2) is 0 Å². The monoisotopic (exact) mass is 237 g/mol. The van der Waals surface area contributed by atoms with Crippen molar-refractivity contribution in [2.45, 2.75) is 0 Å². The Kier molecular flexibility index (Phi) is 3.01. The number of amidine groups is 1. The summed E-state index contributed by atoms with van der Waals surface area (Å²) in [5.74, 6) is 0.703. The first-order valence-corrected chi connectivity index (χ1v) is 5.26. The molecule has 17 heavy (non-hydrogen) atoms. The zero-order chi connectivity index (χ0) is 12.4. The second-order valence-corrected chi connectivity index (χ2v) is 4.07.